The third-order valence-corrected chi connectivity index (χ3v) is 3.07. The molecule has 96 valence electrons. The molecule has 18 heavy (non-hydrogen) atoms. The van der Waals surface area contributed by atoms with Crippen LogP contribution in [0.4, 0.5) is 4.39 Å². The summed E-state index contributed by atoms with van der Waals surface area (Å²) in [6.45, 7) is 2.63. The molecule has 0 spiro atoms. The van der Waals surface area contributed by atoms with Crippen LogP contribution in [-0.2, 0) is 7.05 Å². The van der Waals surface area contributed by atoms with Gasteiger partial charge in [-0.05, 0) is 18.7 Å². The molecule has 0 fully saturated rings. The number of hydrogen-bond donors (Lipinski definition) is 1. The molecule has 0 radical (unpaired) electrons. The molecule has 0 amide bonds. The number of hydrogen-bond acceptors (Lipinski definition) is 3. The molecule has 0 aliphatic carbocycles. The van der Waals surface area contributed by atoms with Gasteiger partial charge in [-0.2, -0.15) is 0 Å². The molecule has 1 N–H and O–H groups in total. The molecule has 2 rings (SSSR count). The summed E-state index contributed by atoms with van der Waals surface area (Å²) in [5.74, 6) is -0.338. The van der Waals surface area contributed by atoms with Crippen LogP contribution < -0.4 is 5.32 Å². The Labute approximate surface area is 110 Å². The quantitative estimate of drug-likeness (QED) is 0.925. The Morgan fingerprint density at radius 1 is 1.50 bits per heavy atom. The average Bonchev–Trinajstić information content (AvgIpc) is 2.74. The minimum absolute atomic E-state index is 0.338. The summed E-state index contributed by atoms with van der Waals surface area (Å²) in [6.07, 6.45) is 1.61. The number of benzene rings is 1. The van der Waals surface area contributed by atoms with E-state index in [2.05, 4.69) is 15.6 Å². The second-order valence-corrected chi connectivity index (χ2v) is 4.32. The normalized spacial score (nSPS) is 12.7. The van der Waals surface area contributed by atoms with Gasteiger partial charge >= 0.3 is 0 Å². The van der Waals surface area contributed by atoms with E-state index < -0.39 is 0 Å². The van der Waals surface area contributed by atoms with Crippen molar-refractivity contribution in [2.24, 2.45) is 7.05 Å². The molecule has 1 unspecified atom stereocenters. The van der Waals surface area contributed by atoms with Crippen molar-refractivity contribution in [3.8, 4) is 0 Å². The second-order valence-electron chi connectivity index (χ2n) is 3.91. The second kappa shape index (κ2) is 5.46. The fourth-order valence-corrected chi connectivity index (χ4v) is 2.18. The lowest BCUT2D eigenvalue weighted by atomic mass is 10.0. The highest BCUT2D eigenvalue weighted by Crippen LogP contribution is 2.29. The average molecular weight is 269 g/mol. The van der Waals surface area contributed by atoms with Gasteiger partial charge in [0.25, 0.3) is 0 Å². The molecule has 6 heteroatoms. The molecule has 0 bridgehead atoms. The third-order valence-electron chi connectivity index (χ3n) is 2.74. The maximum absolute atomic E-state index is 14.0. The van der Waals surface area contributed by atoms with Gasteiger partial charge in [0, 0.05) is 17.6 Å². The van der Waals surface area contributed by atoms with Gasteiger partial charge in [-0.15, -0.1) is 5.10 Å². The Morgan fingerprint density at radius 2 is 2.28 bits per heavy atom. The minimum atomic E-state index is -0.358. The van der Waals surface area contributed by atoms with Crippen LogP contribution in [-0.4, -0.2) is 21.5 Å². The number of nitrogens with one attached hydrogen (secondary N) is 1. The van der Waals surface area contributed by atoms with Gasteiger partial charge in [0.1, 0.15) is 5.82 Å². The third kappa shape index (κ3) is 2.37. The Hall–Kier alpha value is -1.46. The molecule has 2 aromatic rings. The first-order chi connectivity index (χ1) is 8.65. The van der Waals surface area contributed by atoms with Crippen LogP contribution in [0.2, 0.25) is 5.02 Å². The van der Waals surface area contributed by atoms with Crippen molar-refractivity contribution >= 4 is 11.6 Å². The van der Waals surface area contributed by atoms with Gasteiger partial charge in [0.2, 0.25) is 0 Å². The molecular weight excluding hydrogens is 255 g/mol. The van der Waals surface area contributed by atoms with Crippen LogP contribution in [0.3, 0.4) is 0 Å². The first-order valence-electron chi connectivity index (χ1n) is 5.67. The summed E-state index contributed by atoms with van der Waals surface area (Å²) in [5.41, 5.74) is 1.19. The number of halogens is 2. The van der Waals surface area contributed by atoms with Gasteiger partial charge in [-0.3, -0.25) is 4.68 Å². The zero-order valence-corrected chi connectivity index (χ0v) is 10.9. The smallest absolute Gasteiger partial charge is 0.129 e. The summed E-state index contributed by atoms with van der Waals surface area (Å²) in [5, 5.41) is 11.3. The number of nitrogens with zero attached hydrogens (tertiary/aromatic N) is 3. The summed E-state index contributed by atoms with van der Waals surface area (Å²) < 4.78 is 15.6. The summed E-state index contributed by atoms with van der Waals surface area (Å²) >= 11 is 6.10. The van der Waals surface area contributed by atoms with Crippen LogP contribution in [0, 0.1) is 5.82 Å². The Balaban J connectivity index is 2.52. The fourth-order valence-electron chi connectivity index (χ4n) is 1.90. The summed E-state index contributed by atoms with van der Waals surface area (Å²) in [6, 6.07) is 4.30. The van der Waals surface area contributed by atoms with Crippen molar-refractivity contribution in [2.45, 2.75) is 13.0 Å². The van der Waals surface area contributed by atoms with E-state index in [-0.39, 0.29) is 11.9 Å². The van der Waals surface area contributed by atoms with Crippen LogP contribution >= 0.6 is 11.6 Å². The lowest BCUT2D eigenvalue weighted by Gasteiger charge is -2.19. The summed E-state index contributed by atoms with van der Waals surface area (Å²) in [4.78, 5) is 0. The van der Waals surface area contributed by atoms with E-state index in [1.54, 1.807) is 30.1 Å². The van der Waals surface area contributed by atoms with Gasteiger partial charge in [-0.1, -0.05) is 29.8 Å². The van der Waals surface area contributed by atoms with Gasteiger partial charge in [0.15, 0.2) is 0 Å². The first kappa shape index (κ1) is 13.0. The maximum Gasteiger partial charge on any atom is 0.129 e. The van der Waals surface area contributed by atoms with Crippen LogP contribution in [0.15, 0.2) is 24.4 Å². The molecule has 1 heterocycles. The largest absolute Gasteiger partial charge is 0.305 e. The molecular formula is C12H14ClFN4. The van der Waals surface area contributed by atoms with Crippen molar-refractivity contribution in [3.63, 3.8) is 0 Å². The van der Waals surface area contributed by atoms with E-state index in [0.717, 1.165) is 5.69 Å². The Bertz CT molecular complexity index is 520. The van der Waals surface area contributed by atoms with E-state index in [4.69, 9.17) is 11.6 Å². The number of aromatic nitrogens is 3. The van der Waals surface area contributed by atoms with Crippen molar-refractivity contribution in [1.29, 1.82) is 0 Å². The van der Waals surface area contributed by atoms with Crippen molar-refractivity contribution in [2.75, 3.05) is 6.54 Å². The van der Waals surface area contributed by atoms with Gasteiger partial charge in [0.05, 0.1) is 17.9 Å². The Morgan fingerprint density at radius 3 is 2.83 bits per heavy atom. The molecule has 1 atom stereocenters. The SMILES string of the molecule is CCNC(c1c(F)cccc1Cl)c1cnnn1C. The predicted octanol–water partition coefficient (Wildman–Crippen LogP) is 2.31. The molecule has 4 nitrogen and oxygen atoms in total. The summed E-state index contributed by atoms with van der Waals surface area (Å²) in [7, 11) is 1.77. The molecule has 0 saturated carbocycles. The van der Waals surface area contributed by atoms with Crippen LogP contribution in [0.1, 0.15) is 24.2 Å². The van der Waals surface area contributed by atoms with Crippen molar-refractivity contribution in [1.82, 2.24) is 20.3 Å². The van der Waals surface area contributed by atoms with E-state index in [1.165, 1.54) is 6.07 Å². The van der Waals surface area contributed by atoms with E-state index in [1.807, 2.05) is 6.92 Å². The van der Waals surface area contributed by atoms with E-state index in [0.29, 0.717) is 17.1 Å². The fraction of sp³-hybridized carbons (Fsp3) is 0.333. The highest BCUT2D eigenvalue weighted by Gasteiger charge is 2.22. The maximum atomic E-state index is 14.0. The van der Waals surface area contributed by atoms with Crippen molar-refractivity contribution in [3.05, 3.63) is 46.5 Å². The van der Waals surface area contributed by atoms with Gasteiger partial charge < -0.3 is 5.32 Å². The molecule has 0 aliphatic rings. The number of aryl methyl sites for hydroxylation is 1. The highest BCUT2D eigenvalue weighted by molar-refractivity contribution is 6.31. The first-order valence-corrected chi connectivity index (χ1v) is 6.04. The highest BCUT2D eigenvalue weighted by atomic mass is 35.5. The van der Waals surface area contributed by atoms with Crippen LogP contribution in [0.5, 0.6) is 0 Å². The lowest BCUT2D eigenvalue weighted by Crippen LogP contribution is -2.25. The monoisotopic (exact) mass is 268 g/mol. The minimum Gasteiger partial charge on any atom is -0.305 e. The lowest BCUT2D eigenvalue weighted by molar-refractivity contribution is 0.530. The van der Waals surface area contributed by atoms with E-state index in [9.17, 15) is 4.39 Å². The topological polar surface area (TPSA) is 42.7 Å². The predicted molar refractivity (Wildman–Crippen MR) is 67.9 cm³/mol. The standard InChI is InChI=1S/C12H14ClFN4/c1-3-15-12(10-7-16-17-18(10)2)11-8(13)5-4-6-9(11)14/h4-7,12,15H,3H2,1-2H3. The number of rotatable bonds is 4. The zero-order chi connectivity index (χ0) is 13.1. The molecule has 1 aromatic heterocycles. The Kier molecular flexibility index (Phi) is 3.93. The molecule has 1 aromatic carbocycles. The van der Waals surface area contributed by atoms with E-state index >= 15 is 0 Å². The van der Waals surface area contributed by atoms with Crippen LogP contribution in [0.25, 0.3) is 0 Å². The van der Waals surface area contributed by atoms with Crippen molar-refractivity contribution < 1.29 is 4.39 Å². The zero-order valence-electron chi connectivity index (χ0n) is 10.2. The molecule has 0 aliphatic heterocycles. The molecule has 0 saturated heterocycles. The van der Waals surface area contributed by atoms with Gasteiger partial charge in [-0.25, -0.2) is 4.39 Å².